The second kappa shape index (κ2) is 17.3. The second-order valence-electron chi connectivity index (χ2n) is 17.1. The Kier molecular flexibility index (Phi) is 12.1. The molecule has 0 bridgehead atoms. The zero-order valence-electron chi connectivity index (χ0n) is 35.5. The van der Waals surface area contributed by atoms with Crippen molar-refractivity contribution in [1.82, 2.24) is 40.2 Å². The van der Waals surface area contributed by atoms with E-state index >= 15 is 0 Å². The summed E-state index contributed by atoms with van der Waals surface area (Å²) in [6.45, 7) is 7.78. The summed E-state index contributed by atoms with van der Waals surface area (Å²) in [6, 6.07) is 3.34. The lowest BCUT2D eigenvalue weighted by molar-refractivity contribution is -0.141. The number of amides is 4. The molecule has 328 valence electrons. The van der Waals surface area contributed by atoms with Gasteiger partial charge in [0.15, 0.2) is 0 Å². The van der Waals surface area contributed by atoms with Gasteiger partial charge in [0.2, 0.25) is 21.8 Å². The fourth-order valence-corrected chi connectivity index (χ4v) is 10.5. The highest BCUT2D eigenvalue weighted by Crippen LogP contribution is 2.46. The maximum Gasteiger partial charge on any atom is 0.272 e. The van der Waals surface area contributed by atoms with Crippen LogP contribution in [0, 0.1) is 19.8 Å². The molecule has 0 radical (unpaired) electrons. The fraction of sp³-hybridized carbons (Fsp3) is 0.500. The van der Waals surface area contributed by atoms with E-state index in [9.17, 15) is 27.6 Å². The van der Waals surface area contributed by atoms with Crippen molar-refractivity contribution in [2.75, 3.05) is 13.7 Å². The van der Waals surface area contributed by atoms with E-state index in [1.807, 2.05) is 42.7 Å². The number of carbonyl (C=O) groups is 4. The number of allylic oxidation sites excluding steroid dienone is 1. The Morgan fingerprint density at radius 2 is 1.84 bits per heavy atom. The lowest BCUT2D eigenvalue weighted by atomic mass is 10.0. The number of aromatic nitrogens is 4. The number of rotatable bonds is 10. The second-order valence-corrected chi connectivity index (χ2v) is 19.9. The molecule has 3 aromatic heterocycles. The monoisotopic (exact) mass is 884 g/mol. The molecule has 62 heavy (non-hydrogen) atoms. The largest absolute Gasteiger partial charge is 0.496 e. The molecule has 1 aromatic carbocycles. The first kappa shape index (κ1) is 43.2. The average molecular weight is 885 g/mol. The van der Waals surface area contributed by atoms with Crippen LogP contribution < -0.4 is 24.8 Å². The van der Waals surface area contributed by atoms with Crippen LogP contribution in [0.1, 0.15) is 105 Å². The number of hydrogen-bond donors (Lipinski definition) is 3. The van der Waals surface area contributed by atoms with Crippen LogP contribution in [0.4, 0.5) is 0 Å². The quantitative estimate of drug-likeness (QED) is 0.179. The van der Waals surface area contributed by atoms with Crippen LogP contribution in [0.2, 0.25) is 0 Å². The maximum absolute atomic E-state index is 14.9. The van der Waals surface area contributed by atoms with Gasteiger partial charge in [0, 0.05) is 40.9 Å². The number of ether oxygens (including phenoxy) is 2. The van der Waals surface area contributed by atoms with E-state index < -0.39 is 68.5 Å². The molecule has 1 saturated heterocycles. The van der Waals surface area contributed by atoms with Gasteiger partial charge in [-0.15, -0.1) is 11.3 Å². The number of hydrogen-bond acceptors (Lipinski definition) is 13. The number of sulfonamides is 1. The Balaban J connectivity index is 1.15. The van der Waals surface area contributed by atoms with Crippen molar-refractivity contribution in [3.05, 3.63) is 70.8 Å². The van der Waals surface area contributed by atoms with E-state index in [0.29, 0.717) is 70.9 Å². The van der Waals surface area contributed by atoms with E-state index in [2.05, 4.69) is 39.2 Å². The number of methoxy groups -OCH3 is 1. The number of carbonyl (C=O) groups excluding carboxylic acids is 4. The first-order valence-electron chi connectivity index (χ1n) is 21.2. The van der Waals surface area contributed by atoms with E-state index in [-0.39, 0.29) is 31.0 Å². The molecule has 3 N–H and O–H groups in total. The molecule has 4 aromatic rings. The van der Waals surface area contributed by atoms with Gasteiger partial charge in [-0.25, -0.2) is 23.4 Å². The van der Waals surface area contributed by atoms with Gasteiger partial charge in [-0.1, -0.05) is 38.8 Å². The van der Waals surface area contributed by atoms with Crippen LogP contribution in [0.5, 0.6) is 11.5 Å². The van der Waals surface area contributed by atoms with Crippen LogP contribution in [-0.2, 0) is 24.4 Å². The van der Waals surface area contributed by atoms with E-state index in [0.717, 1.165) is 24.1 Å². The predicted molar refractivity (Wildman–Crippen MR) is 232 cm³/mol. The Morgan fingerprint density at radius 1 is 1.03 bits per heavy atom. The first-order chi connectivity index (χ1) is 29.7. The molecule has 5 atom stereocenters. The minimum atomic E-state index is -3.92. The van der Waals surface area contributed by atoms with E-state index in [1.54, 1.807) is 14.0 Å². The summed E-state index contributed by atoms with van der Waals surface area (Å²) >= 11 is 1.47. The summed E-state index contributed by atoms with van der Waals surface area (Å²) in [7, 11) is -2.33. The van der Waals surface area contributed by atoms with Gasteiger partial charge in [-0.3, -0.25) is 28.9 Å². The standard InChI is InChI=1S/C44H52N8O8S2/c1-24(2)34-23-61-41(49-34)32-18-37(30-15-16-36(59-5)26(4)38(30)47-32)60-28-17-35-40(54)50-44(43(56)51-62(57,58)29-13-14-29)19-27(44)11-9-7-6-8-10-12-31(42(55)52(35)22-28)48-39(53)33-21-45-25(3)20-46-33/h9,11,15-16,18,20-21,23-24,27-29,31,35H,6-8,10,12-14,17,19,22H2,1-5H3,(H,48,53)(H,50,54)(H,51,56)/b11-9-/t27-,28-,31+,35+,44-/m1/s1. The first-order valence-corrected chi connectivity index (χ1v) is 23.7. The molecular weight excluding hydrogens is 833 g/mol. The van der Waals surface area contributed by atoms with Crippen LogP contribution in [-0.4, -0.2) is 99.5 Å². The number of aryl methyl sites for hydroxylation is 2. The summed E-state index contributed by atoms with van der Waals surface area (Å²) in [5.74, 6) is -1.64. The van der Waals surface area contributed by atoms with Gasteiger partial charge in [0.1, 0.15) is 51.6 Å². The van der Waals surface area contributed by atoms with E-state index in [4.69, 9.17) is 19.4 Å². The third kappa shape index (κ3) is 8.89. The SMILES string of the molecule is COc1ccc2c(O[C@@H]3C[C@H]4C(=O)N[C@]5(C(=O)NS(=O)(=O)C6CC6)C[C@H]5/C=C\CCCCC[C@H](NC(=O)c5cnc(C)cn5)C(=O)N4C3)cc(-c3nc(C(C)C)cs3)nc2c1C. The topological polar surface area (TPSA) is 212 Å². The van der Waals surface area contributed by atoms with E-state index in [1.165, 1.54) is 28.6 Å². The number of nitrogens with one attached hydrogen (secondary N) is 3. The summed E-state index contributed by atoms with van der Waals surface area (Å²) in [5.41, 5.74) is 2.10. The number of pyridine rings is 1. The fourth-order valence-electron chi connectivity index (χ4n) is 8.25. The zero-order valence-corrected chi connectivity index (χ0v) is 37.1. The molecule has 16 nitrogen and oxygen atoms in total. The average Bonchev–Trinajstić information content (AvgIpc) is 4.12. The highest BCUT2D eigenvalue weighted by atomic mass is 32.2. The third-order valence-corrected chi connectivity index (χ3v) is 14.9. The normalized spacial score (nSPS) is 24.9. The summed E-state index contributed by atoms with van der Waals surface area (Å²) < 4.78 is 40.7. The van der Waals surface area contributed by atoms with Crippen LogP contribution in [0.25, 0.3) is 21.6 Å². The van der Waals surface area contributed by atoms with Gasteiger partial charge in [-0.05, 0) is 70.4 Å². The van der Waals surface area contributed by atoms with Crippen molar-refractivity contribution in [1.29, 1.82) is 0 Å². The van der Waals surface area contributed by atoms with Crippen LogP contribution in [0.3, 0.4) is 0 Å². The molecule has 2 aliphatic carbocycles. The zero-order chi connectivity index (χ0) is 43.9. The Morgan fingerprint density at radius 3 is 2.55 bits per heavy atom. The molecule has 2 aliphatic heterocycles. The highest BCUT2D eigenvalue weighted by molar-refractivity contribution is 7.91. The maximum atomic E-state index is 14.9. The highest BCUT2D eigenvalue weighted by Gasteiger charge is 2.62. The molecule has 18 heteroatoms. The lowest BCUT2D eigenvalue weighted by Gasteiger charge is -2.29. The minimum absolute atomic E-state index is 0.0310. The predicted octanol–water partition coefficient (Wildman–Crippen LogP) is 5.05. The molecule has 4 aliphatic rings. The van der Waals surface area contributed by atoms with Crippen molar-refractivity contribution in [3.63, 3.8) is 0 Å². The van der Waals surface area contributed by atoms with Gasteiger partial charge >= 0.3 is 0 Å². The summed E-state index contributed by atoms with van der Waals surface area (Å²) in [5, 5.41) is 8.55. The lowest BCUT2D eigenvalue weighted by Crippen LogP contribution is -2.58. The Bertz CT molecular complexity index is 2540. The number of benzene rings is 1. The van der Waals surface area contributed by atoms with Crippen molar-refractivity contribution < 1.29 is 37.1 Å². The van der Waals surface area contributed by atoms with Crippen LogP contribution >= 0.6 is 11.3 Å². The van der Waals surface area contributed by atoms with Crippen molar-refractivity contribution in [3.8, 4) is 22.2 Å². The van der Waals surface area contributed by atoms with Gasteiger partial charge in [0.05, 0.1) is 42.0 Å². The number of fused-ring (bicyclic) bond motifs is 3. The molecule has 2 saturated carbocycles. The summed E-state index contributed by atoms with van der Waals surface area (Å²) in [4.78, 5) is 76.7. The van der Waals surface area contributed by atoms with Crippen LogP contribution in [0.15, 0.2) is 48.1 Å². The van der Waals surface area contributed by atoms with Crippen molar-refractivity contribution in [2.24, 2.45) is 5.92 Å². The molecule has 3 fully saturated rings. The van der Waals surface area contributed by atoms with Gasteiger partial charge in [0.25, 0.3) is 11.8 Å². The molecule has 0 spiro atoms. The smallest absolute Gasteiger partial charge is 0.272 e. The third-order valence-electron chi connectivity index (χ3n) is 12.2. The molecular formula is C44H52N8O8S2. The Labute approximate surface area is 364 Å². The molecule has 4 amide bonds. The number of thiazole rings is 1. The summed E-state index contributed by atoms with van der Waals surface area (Å²) in [6.07, 6.45) is 10.2. The number of nitrogens with zero attached hydrogens (tertiary/aromatic N) is 5. The molecule has 5 heterocycles. The Hall–Kier alpha value is -5.49. The molecule has 0 unspecified atom stereocenters. The minimum Gasteiger partial charge on any atom is -0.496 e. The van der Waals surface area contributed by atoms with Gasteiger partial charge < -0.3 is 25.0 Å². The van der Waals surface area contributed by atoms with Crippen molar-refractivity contribution >= 4 is 55.9 Å². The molecule has 8 rings (SSSR count). The van der Waals surface area contributed by atoms with Crippen molar-refractivity contribution in [2.45, 2.75) is 120 Å². The van der Waals surface area contributed by atoms with Gasteiger partial charge in [-0.2, -0.15) is 0 Å².